The minimum absolute atomic E-state index is 0.926. The summed E-state index contributed by atoms with van der Waals surface area (Å²) in [6, 6.07) is 0. The van der Waals surface area contributed by atoms with E-state index < -0.39 is 0 Å². The van der Waals surface area contributed by atoms with Crippen LogP contribution in [-0.2, 0) is 0 Å². The third-order valence-corrected chi connectivity index (χ3v) is 1.83. The van der Waals surface area contributed by atoms with Gasteiger partial charge in [0.2, 0.25) is 0 Å². The van der Waals surface area contributed by atoms with Crippen LogP contribution in [0.2, 0.25) is 0 Å². The first kappa shape index (κ1) is 8.08. The maximum Gasteiger partial charge on any atom is 0.0328 e. The number of hydrogen-bond acceptors (Lipinski definition) is 2. The molecule has 1 rings (SSSR count). The standard InChI is InChI=1S/C9H14N2/c1-7-4-3-5-8(2)9(6-7)11-10/h3-5,11H,6,10H2,1-2H3. The Balaban J connectivity index is 2.89. The lowest BCUT2D eigenvalue weighted by molar-refractivity contribution is 0.825. The highest BCUT2D eigenvalue weighted by molar-refractivity contribution is 5.32. The molecule has 0 atom stereocenters. The van der Waals surface area contributed by atoms with Crippen molar-refractivity contribution in [2.24, 2.45) is 5.84 Å². The Kier molecular flexibility index (Phi) is 2.49. The number of rotatable bonds is 1. The first-order valence-corrected chi connectivity index (χ1v) is 3.74. The van der Waals surface area contributed by atoms with Gasteiger partial charge in [0.05, 0.1) is 0 Å². The Morgan fingerprint density at radius 3 is 2.82 bits per heavy atom. The zero-order chi connectivity index (χ0) is 8.27. The summed E-state index contributed by atoms with van der Waals surface area (Å²) in [6.07, 6.45) is 7.14. The Bertz CT molecular complexity index is 234. The van der Waals surface area contributed by atoms with E-state index in [-0.39, 0.29) is 0 Å². The Morgan fingerprint density at radius 1 is 1.45 bits per heavy atom. The van der Waals surface area contributed by atoms with E-state index >= 15 is 0 Å². The lowest BCUT2D eigenvalue weighted by atomic mass is 10.1. The quantitative estimate of drug-likeness (QED) is 0.440. The van der Waals surface area contributed by atoms with Gasteiger partial charge in [-0.3, -0.25) is 5.84 Å². The molecule has 1 aliphatic rings. The Labute approximate surface area is 67.4 Å². The molecule has 3 N–H and O–H groups in total. The number of hydrazine groups is 1. The molecule has 0 bridgehead atoms. The topological polar surface area (TPSA) is 38.0 Å². The van der Waals surface area contributed by atoms with Gasteiger partial charge >= 0.3 is 0 Å². The molecule has 0 heterocycles. The van der Waals surface area contributed by atoms with Crippen LogP contribution in [0.15, 0.2) is 35.1 Å². The fraction of sp³-hybridized carbons (Fsp3) is 0.333. The molecule has 0 aromatic carbocycles. The molecule has 0 fully saturated rings. The number of hydrogen-bond donors (Lipinski definition) is 2. The summed E-state index contributed by atoms with van der Waals surface area (Å²) in [7, 11) is 0. The van der Waals surface area contributed by atoms with E-state index in [9.17, 15) is 0 Å². The van der Waals surface area contributed by atoms with Gasteiger partial charge in [-0.1, -0.05) is 23.8 Å². The maximum absolute atomic E-state index is 5.36. The number of allylic oxidation sites excluding steroid dienone is 5. The molecule has 0 radical (unpaired) electrons. The average Bonchev–Trinajstić information content (AvgIpc) is 2.13. The van der Waals surface area contributed by atoms with Crippen molar-refractivity contribution >= 4 is 0 Å². The third kappa shape index (κ3) is 1.95. The monoisotopic (exact) mass is 150 g/mol. The van der Waals surface area contributed by atoms with Crippen molar-refractivity contribution in [1.29, 1.82) is 0 Å². The van der Waals surface area contributed by atoms with Crippen LogP contribution in [0, 0.1) is 0 Å². The van der Waals surface area contributed by atoms with E-state index in [4.69, 9.17) is 5.84 Å². The van der Waals surface area contributed by atoms with Crippen molar-refractivity contribution in [1.82, 2.24) is 5.43 Å². The molecule has 0 unspecified atom stereocenters. The third-order valence-electron chi connectivity index (χ3n) is 1.83. The zero-order valence-electron chi connectivity index (χ0n) is 7.02. The summed E-state index contributed by atoms with van der Waals surface area (Å²) >= 11 is 0. The zero-order valence-corrected chi connectivity index (χ0v) is 7.02. The molecule has 0 saturated heterocycles. The van der Waals surface area contributed by atoms with Crippen LogP contribution in [0.3, 0.4) is 0 Å². The molecule has 1 aliphatic carbocycles. The van der Waals surface area contributed by atoms with Crippen molar-refractivity contribution in [3.05, 3.63) is 35.1 Å². The van der Waals surface area contributed by atoms with Crippen LogP contribution in [0.5, 0.6) is 0 Å². The van der Waals surface area contributed by atoms with Crippen LogP contribution >= 0.6 is 0 Å². The van der Waals surface area contributed by atoms with E-state index in [2.05, 4.69) is 37.5 Å². The smallest absolute Gasteiger partial charge is 0.0328 e. The van der Waals surface area contributed by atoms with Crippen molar-refractivity contribution < 1.29 is 0 Å². The normalized spacial score (nSPS) is 17.9. The lowest BCUT2D eigenvalue weighted by Gasteiger charge is -2.07. The number of nitrogens with two attached hydrogens (primary N) is 1. The molecular weight excluding hydrogens is 136 g/mol. The van der Waals surface area contributed by atoms with E-state index in [0.29, 0.717) is 0 Å². The molecule has 0 spiro atoms. The van der Waals surface area contributed by atoms with Crippen LogP contribution < -0.4 is 11.3 Å². The second-order valence-corrected chi connectivity index (χ2v) is 2.85. The molecule has 0 aromatic rings. The van der Waals surface area contributed by atoms with Gasteiger partial charge in [0.15, 0.2) is 0 Å². The van der Waals surface area contributed by atoms with Crippen LogP contribution in [0.25, 0.3) is 0 Å². The summed E-state index contributed by atoms with van der Waals surface area (Å²) in [4.78, 5) is 0. The highest BCUT2D eigenvalue weighted by Crippen LogP contribution is 2.15. The number of nitrogens with one attached hydrogen (secondary N) is 1. The van der Waals surface area contributed by atoms with Gasteiger partial charge < -0.3 is 5.43 Å². The maximum atomic E-state index is 5.36. The fourth-order valence-corrected chi connectivity index (χ4v) is 1.10. The largest absolute Gasteiger partial charge is 0.328 e. The van der Waals surface area contributed by atoms with Gasteiger partial charge in [0, 0.05) is 12.1 Å². The van der Waals surface area contributed by atoms with Crippen LogP contribution in [-0.4, -0.2) is 0 Å². The Hall–Kier alpha value is -1.02. The Morgan fingerprint density at radius 2 is 2.18 bits per heavy atom. The highest BCUT2D eigenvalue weighted by Gasteiger charge is 2.01. The van der Waals surface area contributed by atoms with Gasteiger partial charge in [-0.2, -0.15) is 0 Å². The SMILES string of the molecule is CC1=CC=CC(C)=C(NN)C1. The molecule has 0 amide bonds. The molecule has 0 aliphatic heterocycles. The summed E-state index contributed by atoms with van der Waals surface area (Å²) in [5, 5.41) is 0. The predicted molar refractivity (Wildman–Crippen MR) is 47.5 cm³/mol. The van der Waals surface area contributed by atoms with Crippen molar-refractivity contribution in [2.45, 2.75) is 20.3 Å². The molecule has 2 nitrogen and oxygen atoms in total. The van der Waals surface area contributed by atoms with Crippen LogP contribution in [0.4, 0.5) is 0 Å². The highest BCUT2D eigenvalue weighted by atomic mass is 15.2. The van der Waals surface area contributed by atoms with Crippen molar-refractivity contribution in [2.75, 3.05) is 0 Å². The summed E-state index contributed by atoms with van der Waals surface area (Å²) in [5.74, 6) is 5.36. The van der Waals surface area contributed by atoms with Crippen LogP contribution in [0.1, 0.15) is 20.3 Å². The molecule has 60 valence electrons. The van der Waals surface area contributed by atoms with Gasteiger partial charge in [0.25, 0.3) is 0 Å². The summed E-state index contributed by atoms with van der Waals surface area (Å²) in [5.41, 5.74) is 6.35. The molecule has 11 heavy (non-hydrogen) atoms. The summed E-state index contributed by atoms with van der Waals surface area (Å²) in [6.45, 7) is 4.15. The minimum atomic E-state index is 0.926. The van der Waals surface area contributed by atoms with Gasteiger partial charge in [-0.25, -0.2) is 0 Å². The molecule has 2 heteroatoms. The van der Waals surface area contributed by atoms with E-state index in [1.54, 1.807) is 0 Å². The van der Waals surface area contributed by atoms with E-state index in [1.165, 1.54) is 11.1 Å². The first-order chi connectivity index (χ1) is 5.24. The van der Waals surface area contributed by atoms with Crippen molar-refractivity contribution in [3.8, 4) is 0 Å². The fourth-order valence-electron chi connectivity index (χ4n) is 1.10. The molecular formula is C9H14N2. The van der Waals surface area contributed by atoms with E-state index in [0.717, 1.165) is 12.1 Å². The minimum Gasteiger partial charge on any atom is -0.328 e. The van der Waals surface area contributed by atoms with Crippen molar-refractivity contribution in [3.63, 3.8) is 0 Å². The van der Waals surface area contributed by atoms with E-state index in [1.807, 2.05) is 0 Å². The summed E-state index contributed by atoms with van der Waals surface area (Å²) < 4.78 is 0. The molecule has 0 saturated carbocycles. The lowest BCUT2D eigenvalue weighted by Crippen LogP contribution is -2.22. The molecule has 0 aromatic heterocycles. The predicted octanol–water partition coefficient (Wildman–Crippen LogP) is 1.63. The van der Waals surface area contributed by atoms with Gasteiger partial charge in [0.1, 0.15) is 0 Å². The van der Waals surface area contributed by atoms with Gasteiger partial charge in [-0.05, 0) is 19.4 Å². The second-order valence-electron chi connectivity index (χ2n) is 2.85. The average molecular weight is 150 g/mol. The van der Waals surface area contributed by atoms with Gasteiger partial charge in [-0.15, -0.1) is 0 Å². The second kappa shape index (κ2) is 3.39. The first-order valence-electron chi connectivity index (χ1n) is 3.74.